The fraction of sp³-hybridized carbons (Fsp3) is 0.194. The molecule has 4 aromatic carbocycles. The van der Waals surface area contributed by atoms with Crippen LogP contribution < -0.4 is 14.2 Å². The van der Waals surface area contributed by atoms with Crippen LogP contribution in [0, 0.1) is 0 Å². The summed E-state index contributed by atoms with van der Waals surface area (Å²) in [6.07, 6.45) is 4.21. The van der Waals surface area contributed by atoms with Crippen molar-refractivity contribution >= 4 is 28.8 Å². The number of hydrogen-bond donors (Lipinski definition) is 1. The summed E-state index contributed by atoms with van der Waals surface area (Å²) in [5.74, 6) is 2.10. The maximum atomic E-state index is 6.06. The SMILES string of the molecule is COc1cc2c(cc1OC)-c1[nH]c3ccc(OCCN(C)C)cc3c1/C2=N\OCc1ccc(/C=C/c2ccccc2)cc1. The van der Waals surface area contributed by atoms with Crippen molar-refractivity contribution in [2.45, 2.75) is 6.61 Å². The maximum absolute atomic E-state index is 6.06. The van der Waals surface area contributed by atoms with Crippen LogP contribution >= 0.6 is 0 Å². The Morgan fingerprint density at radius 2 is 1.49 bits per heavy atom. The van der Waals surface area contributed by atoms with Crippen LogP contribution in [0.1, 0.15) is 27.8 Å². The highest BCUT2D eigenvalue weighted by Crippen LogP contribution is 2.46. The lowest BCUT2D eigenvalue weighted by Crippen LogP contribution is -2.19. The molecule has 218 valence electrons. The summed E-state index contributed by atoms with van der Waals surface area (Å²) in [6, 6.07) is 28.6. The molecule has 0 saturated heterocycles. The third kappa shape index (κ3) is 5.98. The summed E-state index contributed by atoms with van der Waals surface area (Å²) in [5, 5.41) is 5.72. The van der Waals surface area contributed by atoms with Crippen molar-refractivity contribution in [2.24, 2.45) is 5.16 Å². The van der Waals surface area contributed by atoms with Crippen LogP contribution in [-0.4, -0.2) is 57.1 Å². The van der Waals surface area contributed by atoms with Crippen molar-refractivity contribution in [1.29, 1.82) is 0 Å². The minimum absolute atomic E-state index is 0.339. The first kappa shape index (κ1) is 28.1. The van der Waals surface area contributed by atoms with Crippen LogP contribution in [-0.2, 0) is 11.4 Å². The second-order valence-electron chi connectivity index (χ2n) is 10.7. The summed E-state index contributed by atoms with van der Waals surface area (Å²) >= 11 is 0. The molecule has 0 spiro atoms. The number of benzene rings is 4. The van der Waals surface area contributed by atoms with Crippen LogP contribution in [0.5, 0.6) is 17.2 Å². The molecule has 1 aromatic heterocycles. The van der Waals surface area contributed by atoms with Crippen molar-refractivity contribution in [3.05, 3.63) is 113 Å². The molecule has 0 radical (unpaired) electrons. The number of methoxy groups -OCH3 is 2. The largest absolute Gasteiger partial charge is 0.493 e. The van der Waals surface area contributed by atoms with Gasteiger partial charge in [0.25, 0.3) is 0 Å². The lowest BCUT2D eigenvalue weighted by atomic mass is 10.1. The molecule has 0 amide bonds. The average molecular weight is 574 g/mol. The van der Waals surface area contributed by atoms with E-state index < -0.39 is 0 Å². The van der Waals surface area contributed by atoms with Gasteiger partial charge in [0, 0.05) is 34.1 Å². The number of fused-ring (bicyclic) bond motifs is 5. The van der Waals surface area contributed by atoms with E-state index >= 15 is 0 Å². The lowest BCUT2D eigenvalue weighted by Gasteiger charge is -2.12. The predicted octanol–water partition coefficient (Wildman–Crippen LogP) is 7.25. The molecule has 1 aliphatic rings. The Balaban J connectivity index is 1.29. The van der Waals surface area contributed by atoms with Gasteiger partial charge < -0.3 is 28.9 Å². The molecule has 1 heterocycles. The quantitative estimate of drug-likeness (QED) is 0.131. The van der Waals surface area contributed by atoms with Gasteiger partial charge in [0.05, 0.1) is 19.9 Å². The van der Waals surface area contributed by atoms with Crippen LogP contribution in [0.25, 0.3) is 34.3 Å². The average Bonchev–Trinajstić information content (AvgIpc) is 3.54. The first-order valence-electron chi connectivity index (χ1n) is 14.3. The minimum Gasteiger partial charge on any atom is -0.493 e. The summed E-state index contributed by atoms with van der Waals surface area (Å²) < 4.78 is 17.3. The van der Waals surface area contributed by atoms with E-state index in [0.717, 1.165) is 62.4 Å². The number of oxime groups is 1. The normalized spacial score (nSPS) is 13.1. The number of ether oxygens (including phenoxy) is 3. The molecule has 0 fully saturated rings. The van der Waals surface area contributed by atoms with Gasteiger partial charge in [-0.2, -0.15) is 0 Å². The molecule has 1 aliphatic carbocycles. The van der Waals surface area contributed by atoms with E-state index in [9.17, 15) is 0 Å². The zero-order valence-electron chi connectivity index (χ0n) is 24.9. The van der Waals surface area contributed by atoms with E-state index in [4.69, 9.17) is 24.2 Å². The van der Waals surface area contributed by atoms with Crippen molar-refractivity contribution < 1.29 is 19.0 Å². The van der Waals surface area contributed by atoms with E-state index in [1.165, 1.54) is 5.56 Å². The number of hydrogen-bond acceptors (Lipinski definition) is 6. The zero-order valence-corrected chi connectivity index (χ0v) is 24.9. The van der Waals surface area contributed by atoms with E-state index in [1.807, 2.05) is 56.6 Å². The third-order valence-electron chi connectivity index (χ3n) is 7.50. The van der Waals surface area contributed by atoms with E-state index in [1.54, 1.807) is 14.2 Å². The Hall–Kier alpha value is -5.01. The van der Waals surface area contributed by atoms with Gasteiger partial charge in [0.2, 0.25) is 0 Å². The first-order chi connectivity index (χ1) is 21.0. The van der Waals surface area contributed by atoms with Gasteiger partial charge in [0.1, 0.15) is 24.7 Å². The summed E-state index contributed by atoms with van der Waals surface area (Å²) in [4.78, 5) is 11.7. The zero-order chi connectivity index (χ0) is 29.8. The van der Waals surface area contributed by atoms with Crippen molar-refractivity contribution in [2.75, 3.05) is 41.5 Å². The van der Waals surface area contributed by atoms with Crippen LogP contribution in [0.4, 0.5) is 0 Å². The van der Waals surface area contributed by atoms with Gasteiger partial charge in [-0.05, 0) is 61.1 Å². The van der Waals surface area contributed by atoms with Gasteiger partial charge in [-0.3, -0.25) is 0 Å². The summed E-state index contributed by atoms with van der Waals surface area (Å²) in [6.45, 7) is 1.77. The molecule has 7 heteroatoms. The topological polar surface area (TPSA) is 68.3 Å². The van der Waals surface area contributed by atoms with Crippen molar-refractivity contribution in [3.8, 4) is 28.5 Å². The van der Waals surface area contributed by atoms with E-state index in [0.29, 0.717) is 24.7 Å². The Morgan fingerprint density at radius 1 is 0.791 bits per heavy atom. The Bertz CT molecular complexity index is 1790. The van der Waals surface area contributed by atoms with Gasteiger partial charge >= 0.3 is 0 Å². The smallest absolute Gasteiger partial charge is 0.161 e. The number of H-pyrrole nitrogens is 1. The van der Waals surface area contributed by atoms with Crippen molar-refractivity contribution in [1.82, 2.24) is 9.88 Å². The molecule has 0 atom stereocenters. The molecular formula is C36H35N3O4. The number of aromatic nitrogens is 1. The van der Waals surface area contributed by atoms with Gasteiger partial charge in [-0.1, -0.05) is 71.9 Å². The third-order valence-corrected chi connectivity index (χ3v) is 7.50. The molecule has 0 saturated carbocycles. The first-order valence-corrected chi connectivity index (χ1v) is 14.3. The molecule has 6 rings (SSSR count). The second-order valence-corrected chi connectivity index (χ2v) is 10.7. The predicted molar refractivity (Wildman–Crippen MR) is 173 cm³/mol. The monoisotopic (exact) mass is 573 g/mol. The van der Waals surface area contributed by atoms with E-state index in [2.05, 4.69) is 64.5 Å². The highest BCUT2D eigenvalue weighted by Gasteiger charge is 2.32. The molecule has 0 unspecified atom stereocenters. The number of nitrogens with one attached hydrogen (secondary N) is 1. The minimum atomic E-state index is 0.339. The molecule has 0 bridgehead atoms. The molecule has 7 nitrogen and oxygen atoms in total. The lowest BCUT2D eigenvalue weighted by molar-refractivity contribution is 0.131. The highest BCUT2D eigenvalue weighted by molar-refractivity contribution is 6.30. The van der Waals surface area contributed by atoms with Crippen LogP contribution in [0.15, 0.2) is 90.1 Å². The van der Waals surface area contributed by atoms with Gasteiger partial charge in [-0.25, -0.2) is 0 Å². The fourth-order valence-electron chi connectivity index (χ4n) is 5.22. The Labute approximate surface area is 252 Å². The Kier molecular flexibility index (Phi) is 8.16. The molecule has 1 N–H and O–H groups in total. The Morgan fingerprint density at radius 3 is 2.19 bits per heavy atom. The van der Waals surface area contributed by atoms with Crippen LogP contribution in [0.2, 0.25) is 0 Å². The summed E-state index contributed by atoms with van der Waals surface area (Å²) in [7, 11) is 7.35. The van der Waals surface area contributed by atoms with Gasteiger partial charge in [-0.15, -0.1) is 0 Å². The number of rotatable bonds is 11. The van der Waals surface area contributed by atoms with Gasteiger partial charge in [0.15, 0.2) is 11.5 Å². The number of aromatic amines is 1. The van der Waals surface area contributed by atoms with Crippen LogP contribution in [0.3, 0.4) is 0 Å². The number of likely N-dealkylation sites (N-methyl/N-ethyl adjacent to an activating group) is 1. The molecule has 0 aliphatic heterocycles. The highest BCUT2D eigenvalue weighted by atomic mass is 16.6. The number of nitrogens with zero attached hydrogens (tertiary/aromatic N) is 2. The molecule has 5 aromatic rings. The van der Waals surface area contributed by atoms with Crippen molar-refractivity contribution in [3.63, 3.8) is 0 Å². The summed E-state index contributed by atoms with van der Waals surface area (Å²) in [5.41, 5.74) is 8.90. The van der Waals surface area contributed by atoms with E-state index in [-0.39, 0.29) is 0 Å². The second kappa shape index (κ2) is 12.5. The fourth-order valence-corrected chi connectivity index (χ4v) is 5.22. The maximum Gasteiger partial charge on any atom is 0.161 e. The standard InChI is InChI=1S/C36H35N3O4/c1-39(2)18-19-42-27-16-17-31-30(20-27)34-35(37-31)28-21-32(40-3)33(41-4)22-29(28)36(34)38-43-23-26-14-12-25(13-15-26)11-10-24-8-6-5-7-9-24/h5-17,20-22,37H,18-19,23H2,1-4H3/b11-10+,38-36-. The molecular weight excluding hydrogens is 538 g/mol. The molecule has 43 heavy (non-hydrogen) atoms.